The minimum absolute atomic E-state index is 0.135. The largest absolute Gasteiger partial charge is 0.467 e. The van der Waals surface area contributed by atoms with Crippen LogP contribution in [-0.2, 0) is 9.53 Å². The Morgan fingerprint density at radius 3 is 2.72 bits per heavy atom. The zero-order valence-corrected chi connectivity index (χ0v) is 12.0. The van der Waals surface area contributed by atoms with Gasteiger partial charge in [-0.3, -0.25) is 9.36 Å². The molecular formula is C12H15BrFNO3. The average Bonchev–Trinajstić information content (AvgIpc) is 2.34. The number of carbonyl (C=O) groups excluding carboxylic acids is 1. The van der Waals surface area contributed by atoms with Gasteiger partial charge >= 0.3 is 5.97 Å². The number of aromatic nitrogens is 1. The van der Waals surface area contributed by atoms with Crippen LogP contribution in [0, 0.1) is 11.7 Å². The van der Waals surface area contributed by atoms with E-state index in [4.69, 9.17) is 0 Å². The van der Waals surface area contributed by atoms with E-state index in [0.29, 0.717) is 10.9 Å². The first-order valence-electron chi connectivity index (χ1n) is 5.57. The molecule has 0 aliphatic carbocycles. The lowest BCUT2D eigenvalue weighted by atomic mass is 9.99. The van der Waals surface area contributed by atoms with Crippen LogP contribution in [0.4, 0.5) is 4.39 Å². The van der Waals surface area contributed by atoms with Gasteiger partial charge in [0.2, 0.25) is 0 Å². The lowest BCUT2D eigenvalue weighted by Gasteiger charge is -2.23. The summed E-state index contributed by atoms with van der Waals surface area (Å²) >= 11 is 3.11. The molecule has 0 spiro atoms. The summed E-state index contributed by atoms with van der Waals surface area (Å²) in [4.78, 5) is 23.5. The number of hydrogen-bond donors (Lipinski definition) is 0. The summed E-state index contributed by atoms with van der Waals surface area (Å²) in [5.74, 6) is -1.59. The normalized spacial score (nSPS) is 14.1. The van der Waals surface area contributed by atoms with Crippen LogP contribution in [0.2, 0.25) is 0 Å². The Hall–Kier alpha value is -1.17. The van der Waals surface area contributed by atoms with E-state index in [1.807, 2.05) is 13.8 Å². The summed E-state index contributed by atoms with van der Waals surface area (Å²) in [5, 5.41) is 0. The maximum absolute atomic E-state index is 13.4. The number of rotatable bonds is 4. The zero-order valence-electron chi connectivity index (χ0n) is 10.4. The molecule has 1 heterocycles. The van der Waals surface area contributed by atoms with E-state index >= 15 is 0 Å². The van der Waals surface area contributed by atoms with E-state index in [-0.39, 0.29) is 5.92 Å². The first-order valence-corrected chi connectivity index (χ1v) is 6.36. The molecular weight excluding hydrogens is 305 g/mol. The van der Waals surface area contributed by atoms with Gasteiger partial charge in [-0.1, -0.05) is 20.3 Å². The third kappa shape index (κ3) is 2.98. The van der Waals surface area contributed by atoms with Crippen LogP contribution in [0.15, 0.2) is 21.5 Å². The molecule has 0 radical (unpaired) electrons. The van der Waals surface area contributed by atoms with Gasteiger partial charge in [-0.2, -0.15) is 0 Å². The Kier molecular flexibility index (Phi) is 5.07. The van der Waals surface area contributed by atoms with Crippen molar-refractivity contribution in [2.45, 2.75) is 26.3 Å². The van der Waals surface area contributed by atoms with Gasteiger partial charge in [0, 0.05) is 10.7 Å². The number of carbonyl (C=O) groups is 1. The predicted octanol–water partition coefficient (Wildman–Crippen LogP) is 2.51. The highest BCUT2D eigenvalue weighted by molar-refractivity contribution is 9.10. The van der Waals surface area contributed by atoms with Crippen LogP contribution in [0.3, 0.4) is 0 Å². The molecule has 0 saturated heterocycles. The number of methoxy groups -OCH3 is 1. The summed E-state index contributed by atoms with van der Waals surface area (Å²) < 4.78 is 19.6. The summed E-state index contributed by atoms with van der Waals surface area (Å²) in [6, 6.07) is 0.253. The first-order chi connectivity index (χ1) is 8.42. The SMILES string of the molecule is CC[C@@H](C)C(C(=O)OC)n1cc(Br)cc(F)c1=O. The van der Waals surface area contributed by atoms with Gasteiger partial charge in [0.25, 0.3) is 5.56 Å². The standard InChI is InChI=1S/C12H15BrFNO3/c1-4-7(2)10(12(17)18-3)15-6-8(13)5-9(14)11(15)16/h5-7,10H,4H2,1-3H3/t7-,10?/m1/s1. The van der Waals surface area contributed by atoms with E-state index in [0.717, 1.165) is 10.6 Å². The summed E-state index contributed by atoms with van der Waals surface area (Å²) in [5.41, 5.74) is -0.825. The highest BCUT2D eigenvalue weighted by atomic mass is 79.9. The maximum Gasteiger partial charge on any atom is 0.329 e. The molecule has 1 aromatic rings. The highest BCUT2D eigenvalue weighted by Gasteiger charge is 2.28. The van der Waals surface area contributed by atoms with Gasteiger partial charge < -0.3 is 4.74 Å². The number of esters is 1. The van der Waals surface area contributed by atoms with Crippen molar-refractivity contribution >= 4 is 21.9 Å². The van der Waals surface area contributed by atoms with Gasteiger partial charge in [-0.25, -0.2) is 9.18 Å². The van der Waals surface area contributed by atoms with Gasteiger partial charge in [-0.15, -0.1) is 0 Å². The van der Waals surface area contributed by atoms with E-state index in [1.165, 1.54) is 13.3 Å². The highest BCUT2D eigenvalue weighted by Crippen LogP contribution is 2.22. The zero-order chi connectivity index (χ0) is 13.9. The summed E-state index contributed by atoms with van der Waals surface area (Å²) in [6.45, 7) is 3.70. The van der Waals surface area contributed by atoms with E-state index in [9.17, 15) is 14.0 Å². The number of pyridine rings is 1. The number of ether oxygens (including phenoxy) is 1. The fourth-order valence-corrected chi connectivity index (χ4v) is 2.13. The van der Waals surface area contributed by atoms with Gasteiger partial charge in [0.15, 0.2) is 5.82 Å². The molecule has 6 heteroatoms. The van der Waals surface area contributed by atoms with E-state index < -0.39 is 23.4 Å². The second kappa shape index (κ2) is 6.13. The van der Waals surface area contributed by atoms with Gasteiger partial charge in [0.05, 0.1) is 7.11 Å². The molecule has 0 amide bonds. The molecule has 4 nitrogen and oxygen atoms in total. The second-order valence-electron chi connectivity index (χ2n) is 4.07. The van der Waals surface area contributed by atoms with Crippen LogP contribution in [0.25, 0.3) is 0 Å². The molecule has 0 saturated carbocycles. The van der Waals surface area contributed by atoms with Crippen LogP contribution < -0.4 is 5.56 Å². The minimum Gasteiger partial charge on any atom is -0.467 e. The van der Waals surface area contributed by atoms with E-state index in [1.54, 1.807) is 0 Å². The van der Waals surface area contributed by atoms with Crippen LogP contribution >= 0.6 is 15.9 Å². The van der Waals surface area contributed by atoms with Crippen molar-refractivity contribution in [1.82, 2.24) is 4.57 Å². The molecule has 0 aliphatic rings. The van der Waals surface area contributed by atoms with Crippen molar-refractivity contribution in [3.05, 3.63) is 32.9 Å². The molecule has 0 bridgehead atoms. The molecule has 0 fully saturated rings. The summed E-state index contributed by atoms with van der Waals surface area (Å²) in [6.07, 6.45) is 2.07. The lowest BCUT2D eigenvalue weighted by molar-refractivity contribution is -0.146. The van der Waals surface area contributed by atoms with Gasteiger partial charge in [-0.05, 0) is 27.9 Å². The van der Waals surface area contributed by atoms with Crippen LogP contribution in [-0.4, -0.2) is 17.6 Å². The third-order valence-electron chi connectivity index (χ3n) is 2.89. The first kappa shape index (κ1) is 14.9. The molecule has 0 aliphatic heterocycles. The quantitative estimate of drug-likeness (QED) is 0.801. The van der Waals surface area contributed by atoms with Crippen molar-refractivity contribution < 1.29 is 13.9 Å². The molecule has 100 valence electrons. The molecule has 18 heavy (non-hydrogen) atoms. The fraction of sp³-hybridized carbons (Fsp3) is 0.500. The van der Waals surface area contributed by atoms with Crippen molar-refractivity contribution in [3.8, 4) is 0 Å². The summed E-state index contributed by atoms with van der Waals surface area (Å²) in [7, 11) is 1.25. The molecule has 0 aromatic carbocycles. The molecule has 2 atom stereocenters. The van der Waals surface area contributed by atoms with Gasteiger partial charge in [0.1, 0.15) is 6.04 Å². The van der Waals surface area contributed by atoms with E-state index in [2.05, 4.69) is 20.7 Å². The van der Waals surface area contributed by atoms with Crippen molar-refractivity contribution in [2.24, 2.45) is 5.92 Å². The molecule has 1 unspecified atom stereocenters. The molecule has 0 N–H and O–H groups in total. The number of halogens is 2. The smallest absolute Gasteiger partial charge is 0.329 e. The third-order valence-corrected chi connectivity index (χ3v) is 3.32. The van der Waals surface area contributed by atoms with Crippen molar-refractivity contribution in [2.75, 3.05) is 7.11 Å². The Bertz CT molecular complexity index is 501. The Labute approximate surface area is 113 Å². The average molecular weight is 320 g/mol. The van der Waals surface area contributed by atoms with Crippen molar-refractivity contribution in [1.29, 1.82) is 0 Å². The lowest BCUT2D eigenvalue weighted by Crippen LogP contribution is -2.35. The van der Waals surface area contributed by atoms with Crippen molar-refractivity contribution in [3.63, 3.8) is 0 Å². The predicted molar refractivity (Wildman–Crippen MR) is 68.9 cm³/mol. The Morgan fingerprint density at radius 2 is 2.22 bits per heavy atom. The fourth-order valence-electron chi connectivity index (χ4n) is 1.71. The minimum atomic E-state index is -0.901. The maximum atomic E-state index is 13.4. The Morgan fingerprint density at radius 1 is 1.61 bits per heavy atom. The van der Waals surface area contributed by atoms with Crippen LogP contribution in [0.1, 0.15) is 26.3 Å². The molecule has 1 rings (SSSR count). The van der Waals surface area contributed by atoms with Crippen LogP contribution in [0.5, 0.6) is 0 Å². The number of hydrogen-bond acceptors (Lipinski definition) is 3. The number of nitrogens with zero attached hydrogens (tertiary/aromatic N) is 1. The topological polar surface area (TPSA) is 48.3 Å². The monoisotopic (exact) mass is 319 g/mol. The molecule has 1 aromatic heterocycles. The second-order valence-corrected chi connectivity index (χ2v) is 4.99. The Balaban J connectivity index is 3.38.